The lowest BCUT2D eigenvalue weighted by atomic mass is 9.86. The van der Waals surface area contributed by atoms with Gasteiger partial charge in [0, 0.05) is 11.0 Å². The molecule has 0 aromatic heterocycles. The molecule has 20 heavy (non-hydrogen) atoms. The molecule has 4 nitrogen and oxygen atoms in total. The van der Waals surface area contributed by atoms with Crippen LogP contribution in [0.1, 0.15) is 19.3 Å². The fourth-order valence-corrected chi connectivity index (χ4v) is 2.10. The molecule has 0 amide bonds. The maximum atomic E-state index is 5.78. The molecule has 0 aliphatic heterocycles. The third-order valence-electron chi connectivity index (χ3n) is 3.24. The average Bonchev–Trinajstić information content (AvgIpc) is 2.35. The molecular formula is C14H21BrIN3O. The van der Waals surface area contributed by atoms with Crippen LogP contribution in [0.4, 0.5) is 0 Å². The van der Waals surface area contributed by atoms with Gasteiger partial charge in [0.05, 0.1) is 6.54 Å². The van der Waals surface area contributed by atoms with Crippen LogP contribution in [0.2, 0.25) is 0 Å². The van der Waals surface area contributed by atoms with E-state index in [1.54, 1.807) is 0 Å². The van der Waals surface area contributed by atoms with Crippen LogP contribution in [0, 0.1) is 5.92 Å². The van der Waals surface area contributed by atoms with Gasteiger partial charge in [0.15, 0.2) is 5.96 Å². The Kier molecular flexibility index (Phi) is 8.28. The predicted molar refractivity (Wildman–Crippen MR) is 96.9 cm³/mol. The number of nitrogens with zero attached hydrogens (tertiary/aromatic N) is 1. The van der Waals surface area contributed by atoms with E-state index in [1.807, 2.05) is 24.3 Å². The molecule has 0 saturated heterocycles. The number of hydrogen-bond acceptors (Lipinski definition) is 2. The third-order valence-corrected chi connectivity index (χ3v) is 3.76. The van der Waals surface area contributed by atoms with E-state index in [4.69, 9.17) is 10.5 Å². The highest BCUT2D eigenvalue weighted by Gasteiger charge is 2.16. The van der Waals surface area contributed by atoms with Gasteiger partial charge in [-0.25, -0.2) is 0 Å². The van der Waals surface area contributed by atoms with Crippen molar-refractivity contribution in [3.05, 3.63) is 28.7 Å². The fourth-order valence-electron chi connectivity index (χ4n) is 1.84. The summed E-state index contributed by atoms with van der Waals surface area (Å²) in [5, 5.41) is 3.06. The monoisotopic (exact) mass is 453 g/mol. The molecule has 0 spiro atoms. The predicted octanol–water partition coefficient (Wildman–Crippen LogP) is 3.15. The first-order valence-electron chi connectivity index (χ1n) is 6.66. The molecule has 112 valence electrons. The Morgan fingerprint density at radius 3 is 2.65 bits per heavy atom. The molecule has 0 radical (unpaired) electrons. The second-order valence-electron chi connectivity index (χ2n) is 4.75. The second-order valence-corrected chi connectivity index (χ2v) is 5.67. The molecule has 0 bridgehead atoms. The van der Waals surface area contributed by atoms with Gasteiger partial charge in [0.25, 0.3) is 0 Å². The first kappa shape index (κ1) is 17.6. The highest BCUT2D eigenvalue weighted by molar-refractivity contribution is 14.0. The lowest BCUT2D eigenvalue weighted by Gasteiger charge is -2.23. The van der Waals surface area contributed by atoms with Crippen LogP contribution in [0.3, 0.4) is 0 Å². The van der Waals surface area contributed by atoms with Crippen LogP contribution in [0.5, 0.6) is 5.75 Å². The van der Waals surface area contributed by atoms with Gasteiger partial charge in [-0.05, 0) is 43.0 Å². The van der Waals surface area contributed by atoms with E-state index >= 15 is 0 Å². The van der Waals surface area contributed by atoms with Gasteiger partial charge < -0.3 is 15.8 Å². The Labute approximate surface area is 145 Å². The van der Waals surface area contributed by atoms with E-state index in [0.29, 0.717) is 19.1 Å². The van der Waals surface area contributed by atoms with Crippen molar-refractivity contribution in [2.75, 3.05) is 19.7 Å². The van der Waals surface area contributed by atoms with Gasteiger partial charge in [0.2, 0.25) is 0 Å². The molecule has 1 aromatic carbocycles. The normalized spacial score (nSPS) is 15.2. The molecule has 1 aromatic rings. The van der Waals surface area contributed by atoms with Crippen LogP contribution >= 0.6 is 39.9 Å². The third kappa shape index (κ3) is 6.30. The Morgan fingerprint density at radius 1 is 1.35 bits per heavy atom. The van der Waals surface area contributed by atoms with Crippen molar-refractivity contribution in [3.63, 3.8) is 0 Å². The van der Waals surface area contributed by atoms with Crippen LogP contribution in [0.15, 0.2) is 33.7 Å². The summed E-state index contributed by atoms with van der Waals surface area (Å²) in [6.45, 7) is 2.09. The number of guanidine groups is 1. The van der Waals surface area contributed by atoms with Crippen LogP contribution in [-0.2, 0) is 0 Å². The molecule has 1 saturated carbocycles. The Bertz CT molecular complexity index is 421. The summed E-state index contributed by atoms with van der Waals surface area (Å²) in [6, 6.07) is 7.77. The zero-order valence-corrected chi connectivity index (χ0v) is 15.3. The molecule has 0 unspecified atom stereocenters. The number of rotatable bonds is 6. The van der Waals surface area contributed by atoms with E-state index < -0.39 is 0 Å². The number of ether oxygens (including phenoxy) is 1. The minimum absolute atomic E-state index is 0. The van der Waals surface area contributed by atoms with Crippen molar-refractivity contribution in [2.24, 2.45) is 16.6 Å². The molecule has 0 heterocycles. The van der Waals surface area contributed by atoms with E-state index in [-0.39, 0.29) is 24.0 Å². The van der Waals surface area contributed by atoms with E-state index in [9.17, 15) is 0 Å². The number of nitrogens with two attached hydrogens (primary N) is 1. The summed E-state index contributed by atoms with van der Waals surface area (Å²) in [6.07, 6.45) is 3.93. The van der Waals surface area contributed by atoms with Crippen molar-refractivity contribution in [2.45, 2.75) is 19.3 Å². The SMILES string of the molecule is I.NC(=NCC1CCC1)NCCOc1ccc(Br)cc1. The Morgan fingerprint density at radius 2 is 2.05 bits per heavy atom. The number of benzene rings is 1. The zero-order valence-electron chi connectivity index (χ0n) is 11.3. The number of halogens is 2. The minimum atomic E-state index is 0. The van der Waals surface area contributed by atoms with Gasteiger partial charge in [-0.1, -0.05) is 22.4 Å². The van der Waals surface area contributed by atoms with E-state index in [0.717, 1.165) is 22.7 Å². The summed E-state index contributed by atoms with van der Waals surface area (Å²) in [7, 11) is 0. The molecule has 1 aliphatic rings. The highest BCUT2D eigenvalue weighted by atomic mass is 127. The van der Waals surface area contributed by atoms with Crippen molar-refractivity contribution in [1.82, 2.24) is 5.32 Å². The van der Waals surface area contributed by atoms with Crippen LogP contribution < -0.4 is 15.8 Å². The maximum absolute atomic E-state index is 5.78. The Balaban J connectivity index is 0.00000200. The van der Waals surface area contributed by atoms with Gasteiger partial charge in [-0.15, -0.1) is 24.0 Å². The molecule has 6 heteroatoms. The van der Waals surface area contributed by atoms with Gasteiger partial charge >= 0.3 is 0 Å². The summed E-state index contributed by atoms with van der Waals surface area (Å²) in [4.78, 5) is 4.32. The van der Waals surface area contributed by atoms with Crippen molar-refractivity contribution >= 4 is 45.9 Å². The topological polar surface area (TPSA) is 59.6 Å². The smallest absolute Gasteiger partial charge is 0.188 e. The molecular weight excluding hydrogens is 433 g/mol. The van der Waals surface area contributed by atoms with Crippen molar-refractivity contribution in [1.29, 1.82) is 0 Å². The van der Waals surface area contributed by atoms with E-state index in [2.05, 4.69) is 26.2 Å². The van der Waals surface area contributed by atoms with Gasteiger partial charge in [0.1, 0.15) is 12.4 Å². The zero-order chi connectivity index (χ0) is 13.5. The van der Waals surface area contributed by atoms with Crippen molar-refractivity contribution in [3.8, 4) is 5.75 Å². The fraction of sp³-hybridized carbons (Fsp3) is 0.500. The number of nitrogens with one attached hydrogen (secondary N) is 1. The van der Waals surface area contributed by atoms with Gasteiger partial charge in [-0.2, -0.15) is 0 Å². The standard InChI is InChI=1S/C14H20BrN3O.HI/c15-12-4-6-13(7-5-12)19-9-8-17-14(16)18-10-11-2-1-3-11;/h4-7,11H,1-3,8-10H2,(H3,16,17,18);1H. The minimum Gasteiger partial charge on any atom is -0.492 e. The largest absolute Gasteiger partial charge is 0.492 e. The summed E-state index contributed by atoms with van der Waals surface area (Å²) in [5.74, 6) is 2.13. The summed E-state index contributed by atoms with van der Waals surface area (Å²) >= 11 is 3.39. The molecule has 1 fully saturated rings. The first-order chi connectivity index (χ1) is 9.24. The maximum Gasteiger partial charge on any atom is 0.188 e. The second kappa shape index (κ2) is 9.44. The van der Waals surface area contributed by atoms with Crippen LogP contribution in [0.25, 0.3) is 0 Å². The highest BCUT2D eigenvalue weighted by Crippen LogP contribution is 2.26. The molecule has 3 N–H and O–H groups in total. The van der Waals surface area contributed by atoms with E-state index in [1.165, 1.54) is 19.3 Å². The summed E-state index contributed by atoms with van der Waals surface area (Å²) < 4.78 is 6.62. The first-order valence-corrected chi connectivity index (χ1v) is 7.45. The Hall–Kier alpha value is -0.500. The molecule has 0 atom stereocenters. The number of aliphatic imine (C=N–C) groups is 1. The lowest BCUT2D eigenvalue weighted by Crippen LogP contribution is -2.35. The molecule has 1 aliphatic carbocycles. The summed E-state index contributed by atoms with van der Waals surface area (Å²) in [5.41, 5.74) is 5.78. The average molecular weight is 454 g/mol. The number of hydrogen-bond donors (Lipinski definition) is 2. The van der Waals surface area contributed by atoms with Gasteiger partial charge in [-0.3, -0.25) is 4.99 Å². The lowest BCUT2D eigenvalue weighted by molar-refractivity contribution is 0.320. The quantitative estimate of drug-likeness (QED) is 0.301. The van der Waals surface area contributed by atoms with Crippen LogP contribution in [-0.4, -0.2) is 25.7 Å². The molecule has 2 rings (SSSR count). The van der Waals surface area contributed by atoms with Crippen molar-refractivity contribution < 1.29 is 4.74 Å².